The molecule has 1 fully saturated rings. The molecule has 0 aliphatic carbocycles. The van der Waals surface area contributed by atoms with Crippen LogP contribution in [0.15, 0.2) is 18.2 Å². The van der Waals surface area contributed by atoms with Gasteiger partial charge < -0.3 is 10.1 Å². The Morgan fingerprint density at radius 3 is 2.85 bits per heavy atom. The number of nitrogens with one attached hydrogen (secondary N) is 1. The quantitative estimate of drug-likeness (QED) is 0.915. The fourth-order valence-corrected chi connectivity index (χ4v) is 3.41. The minimum Gasteiger partial charge on any atom is -0.493 e. The predicted molar refractivity (Wildman–Crippen MR) is 82.5 cm³/mol. The Balaban J connectivity index is 1.72. The smallest absolute Gasteiger partial charge is 0.122 e. The summed E-state index contributed by atoms with van der Waals surface area (Å²) in [5.74, 6) is 1.10. The number of ether oxygens (including phenoxy) is 1. The minimum absolute atomic E-state index is 0.228. The Kier molecular flexibility index (Phi) is 3.99. The second-order valence-corrected chi connectivity index (χ2v) is 6.62. The maximum atomic E-state index is 5.71. The molecule has 3 rings (SSSR count). The Morgan fingerprint density at radius 2 is 2.05 bits per heavy atom. The molecule has 0 atom stereocenters. The lowest BCUT2D eigenvalue weighted by Crippen LogP contribution is -2.54. The van der Waals surface area contributed by atoms with Gasteiger partial charge in [0.15, 0.2) is 0 Å². The topological polar surface area (TPSA) is 24.5 Å². The van der Waals surface area contributed by atoms with Crippen LogP contribution in [0.4, 0.5) is 0 Å². The second kappa shape index (κ2) is 5.74. The van der Waals surface area contributed by atoms with Crippen LogP contribution in [-0.4, -0.2) is 43.2 Å². The molecule has 2 heterocycles. The zero-order chi connectivity index (χ0) is 14.0. The highest BCUT2D eigenvalue weighted by molar-refractivity contribution is 5.39. The Hall–Kier alpha value is -1.06. The standard InChI is InChI=1S/C17H26N2O/c1-17(2,19-9-7-18-8-10-19)13-14-5-6-16-15(12-14)4-3-11-20-16/h5-6,12,18H,3-4,7-11,13H2,1-2H3. The largest absolute Gasteiger partial charge is 0.493 e. The van der Waals surface area contributed by atoms with Gasteiger partial charge in [-0.2, -0.15) is 0 Å². The van der Waals surface area contributed by atoms with Crippen molar-refractivity contribution in [2.75, 3.05) is 32.8 Å². The van der Waals surface area contributed by atoms with E-state index in [1.165, 1.54) is 11.1 Å². The van der Waals surface area contributed by atoms with Crippen LogP contribution in [0.5, 0.6) is 5.75 Å². The fraction of sp³-hybridized carbons (Fsp3) is 0.647. The summed E-state index contributed by atoms with van der Waals surface area (Å²) < 4.78 is 5.71. The molecule has 1 saturated heterocycles. The van der Waals surface area contributed by atoms with Crippen molar-refractivity contribution in [3.8, 4) is 5.75 Å². The molecule has 1 aromatic carbocycles. The summed E-state index contributed by atoms with van der Waals surface area (Å²) in [5, 5.41) is 3.43. The van der Waals surface area contributed by atoms with Crippen molar-refractivity contribution >= 4 is 0 Å². The van der Waals surface area contributed by atoms with Crippen LogP contribution in [0.1, 0.15) is 31.4 Å². The van der Waals surface area contributed by atoms with E-state index in [0.717, 1.165) is 57.8 Å². The first-order valence-corrected chi connectivity index (χ1v) is 7.85. The van der Waals surface area contributed by atoms with E-state index >= 15 is 0 Å². The molecule has 20 heavy (non-hydrogen) atoms. The molecule has 110 valence electrons. The van der Waals surface area contributed by atoms with E-state index in [-0.39, 0.29) is 5.54 Å². The van der Waals surface area contributed by atoms with Crippen molar-refractivity contribution in [3.05, 3.63) is 29.3 Å². The van der Waals surface area contributed by atoms with Crippen LogP contribution < -0.4 is 10.1 Å². The van der Waals surface area contributed by atoms with Gasteiger partial charge in [-0.1, -0.05) is 12.1 Å². The third-order valence-electron chi connectivity index (χ3n) is 4.58. The van der Waals surface area contributed by atoms with Gasteiger partial charge in [0.2, 0.25) is 0 Å². The van der Waals surface area contributed by atoms with E-state index < -0.39 is 0 Å². The van der Waals surface area contributed by atoms with Gasteiger partial charge in [0.1, 0.15) is 5.75 Å². The third kappa shape index (κ3) is 2.99. The van der Waals surface area contributed by atoms with Gasteiger partial charge in [-0.25, -0.2) is 0 Å². The monoisotopic (exact) mass is 274 g/mol. The van der Waals surface area contributed by atoms with Crippen molar-refractivity contribution in [1.82, 2.24) is 10.2 Å². The summed E-state index contributed by atoms with van der Waals surface area (Å²) >= 11 is 0. The van der Waals surface area contributed by atoms with Crippen LogP contribution in [0.25, 0.3) is 0 Å². The number of hydrogen-bond acceptors (Lipinski definition) is 3. The summed E-state index contributed by atoms with van der Waals surface area (Å²) in [6.45, 7) is 10.1. The number of hydrogen-bond donors (Lipinski definition) is 1. The van der Waals surface area contributed by atoms with Gasteiger partial charge in [0.25, 0.3) is 0 Å². The van der Waals surface area contributed by atoms with E-state index in [1.807, 2.05) is 0 Å². The van der Waals surface area contributed by atoms with Crippen LogP contribution in [-0.2, 0) is 12.8 Å². The first-order valence-electron chi connectivity index (χ1n) is 7.85. The molecule has 1 N–H and O–H groups in total. The highest BCUT2D eigenvalue weighted by Gasteiger charge is 2.28. The molecule has 2 aliphatic heterocycles. The van der Waals surface area contributed by atoms with Crippen molar-refractivity contribution < 1.29 is 4.74 Å². The average Bonchev–Trinajstić information content (AvgIpc) is 2.48. The lowest BCUT2D eigenvalue weighted by molar-refractivity contribution is 0.103. The van der Waals surface area contributed by atoms with Crippen LogP contribution in [0, 0.1) is 0 Å². The average molecular weight is 274 g/mol. The summed E-state index contributed by atoms with van der Waals surface area (Å²) in [4.78, 5) is 2.61. The molecule has 0 aromatic heterocycles. The summed E-state index contributed by atoms with van der Waals surface area (Å²) in [6.07, 6.45) is 3.43. The molecule has 1 aromatic rings. The van der Waals surface area contributed by atoms with Crippen molar-refractivity contribution in [3.63, 3.8) is 0 Å². The fourth-order valence-electron chi connectivity index (χ4n) is 3.41. The van der Waals surface area contributed by atoms with E-state index in [4.69, 9.17) is 4.74 Å². The van der Waals surface area contributed by atoms with E-state index in [2.05, 4.69) is 42.3 Å². The minimum atomic E-state index is 0.228. The van der Waals surface area contributed by atoms with Crippen molar-refractivity contribution in [2.45, 2.75) is 38.6 Å². The first kappa shape index (κ1) is 13.9. The van der Waals surface area contributed by atoms with Gasteiger partial charge in [0, 0.05) is 31.7 Å². The summed E-state index contributed by atoms with van der Waals surface area (Å²) in [6, 6.07) is 6.77. The zero-order valence-electron chi connectivity index (χ0n) is 12.7. The normalized spacial score (nSPS) is 20.3. The Bertz CT molecular complexity index is 464. The molecule has 0 saturated carbocycles. The third-order valence-corrected chi connectivity index (χ3v) is 4.58. The number of benzene rings is 1. The Morgan fingerprint density at radius 1 is 1.25 bits per heavy atom. The van der Waals surface area contributed by atoms with Crippen LogP contribution >= 0.6 is 0 Å². The van der Waals surface area contributed by atoms with Gasteiger partial charge in [-0.05, 0) is 50.3 Å². The molecular formula is C17H26N2O. The van der Waals surface area contributed by atoms with Gasteiger partial charge in [0.05, 0.1) is 6.61 Å². The van der Waals surface area contributed by atoms with E-state index in [0.29, 0.717) is 0 Å². The maximum Gasteiger partial charge on any atom is 0.122 e. The molecule has 0 bridgehead atoms. The molecule has 0 radical (unpaired) electrons. The number of nitrogens with zero attached hydrogens (tertiary/aromatic N) is 1. The van der Waals surface area contributed by atoms with Crippen LogP contribution in [0.3, 0.4) is 0 Å². The molecule has 0 amide bonds. The van der Waals surface area contributed by atoms with E-state index in [1.54, 1.807) is 0 Å². The van der Waals surface area contributed by atoms with Gasteiger partial charge >= 0.3 is 0 Å². The lowest BCUT2D eigenvalue weighted by atomic mass is 9.90. The SMILES string of the molecule is CC(C)(Cc1ccc2c(c1)CCCO2)N1CCNCC1. The van der Waals surface area contributed by atoms with Gasteiger partial charge in [-0.3, -0.25) is 4.90 Å². The molecule has 0 spiro atoms. The highest BCUT2D eigenvalue weighted by atomic mass is 16.5. The zero-order valence-corrected chi connectivity index (χ0v) is 12.7. The number of piperazine rings is 1. The molecule has 2 aliphatic rings. The van der Waals surface area contributed by atoms with Crippen LogP contribution in [0.2, 0.25) is 0 Å². The lowest BCUT2D eigenvalue weighted by Gasteiger charge is -2.41. The van der Waals surface area contributed by atoms with Crippen molar-refractivity contribution in [1.29, 1.82) is 0 Å². The molecule has 0 unspecified atom stereocenters. The predicted octanol–water partition coefficient (Wildman–Crippen LogP) is 2.24. The van der Waals surface area contributed by atoms with Crippen molar-refractivity contribution in [2.24, 2.45) is 0 Å². The van der Waals surface area contributed by atoms with Gasteiger partial charge in [-0.15, -0.1) is 0 Å². The van der Waals surface area contributed by atoms with E-state index in [9.17, 15) is 0 Å². The number of aryl methyl sites for hydroxylation is 1. The second-order valence-electron chi connectivity index (χ2n) is 6.62. The molecule has 3 heteroatoms. The summed E-state index contributed by atoms with van der Waals surface area (Å²) in [5.41, 5.74) is 3.06. The number of fused-ring (bicyclic) bond motifs is 1. The molecule has 3 nitrogen and oxygen atoms in total. The maximum absolute atomic E-state index is 5.71. The molecular weight excluding hydrogens is 248 g/mol. The first-order chi connectivity index (χ1) is 9.65. The Labute approximate surface area is 122 Å². The highest BCUT2D eigenvalue weighted by Crippen LogP contribution is 2.28. The summed E-state index contributed by atoms with van der Waals surface area (Å²) in [7, 11) is 0. The number of rotatable bonds is 3.